The molecule has 0 aliphatic rings. The van der Waals surface area contributed by atoms with Crippen molar-refractivity contribution in [2.45, 2.75) is 4.90 Å². The van der Waals surface area contributed by atoms with Crippen LogP contribution in [0.5, 0.6) is 0 Å². The third-order valence-electron chi connectivity index (χ3n) is 1.10. The summed E-state index contributed by atoms with van der Waals surface area (Å²) in [4.78, 5) is 0.772. The first kappa shape index (κ1) is 9.90. The maximum Gasteiger partial charge on any atom is 0.191 e. The number of halogens is 3. The molecule has 0 amide bonds. The van der Waals surface area contributed by atoms with Crippen LogP contribution in [0.4, 0.5) is 4.39 Å². The average Bonchev–Trinajstić information content (AvgIpc) is 2.06. The molecule has 0 saturated carbocycles. The molecule has 0 unspecified atom stereocenters. The van der Waals surface area contributed by atoms with Gasteiger partial charge < -0.3 is 0 Å². The van der Waals surface area contributed by atoms with Gasteiger partial charge >= 0.3 is 0 Å². The molecule has 0 spiro atoms. The van der Waals surface area contributed by atoms with Gasteiger partial charge in [0.2, 0.25) is 0 Å². The second-order valence-electron chi connectivity index (χ2n) is 1.95. The van der Waals surface area contributed by atoms with E-state index in [1.54, 1.807) is 12.1 Å². The summed E-state index contributed by atoms with van der Waals surface area (Å²) in [6.45, 7) is 0. The quantitative estimate of drug-likeness (QED) is 0.671. The number of rotatable bonds is 2. The van der Waals surface area contributed by atoms with Gasteiger partial charge in [0.25, 0.3) is 0 Å². The van der Waals surface area contributed by atoms with E-state index in [0.717, 1.165) is 16.7 Å². The zero-order valence-electron chi connectivity index (χ0n) is 5.93. The molecule has 0 bridgehead atoms. The van der Waals surface area contributed by atoms with E-state index in [0.29, 0.717) is 0 Å². The molecule has 0 nitrogen and oxygen atoms in total. The molecule has 0 aliphatic carbocycles. The Morgan fingerprint density at radius 3 is 2.25 bits per heavy atom. The van der Waals surface area contributed by atoms with E-state index < -0.39 is 5.16 Å². The molecule has 0 atom stereocenters. The van der Waals surface area contributed by atoms with Gasteiger partial charge in [0.1, 0.15) is 4.49 Å². The maximum absolute atomic E-state index is 12.8. The number of benzene rings is 1. The maximum atomic E-state index is 12.8. The number of hydrogen-bond acceptors (Lipinski definition) is 1. The van der Waals surface area contributed by atoms with Crippen molar-refractivity contribution in [2.75, 3.05) is 0 Å². The molecule has 1 rings (SSSR count). The minimum absolute atomic E-state index is 0.330. The molecule has 0 heterocycles. The van der Waals surface area contributed by atoms with Crippen LogP contribution in [-0.4, -0.2) is 0 Å². The molecule has 0 aromatic heterocycles. The molecule has 0 N–H and O–H groups in total. The van der Waals surface area contributed by atoms with E-state index in [4.69, 9.17) is 23.2 Å². The zero-order chi connectivity index (χ0) is 8.97. The summed E-state index contributed by atoms with van der Waals surface area (Å²) < 4.78 is 12.5. The van der Waals surface area contributed by atoms with E-state index in [-0.39, 0.29) is 4.49 Å². The van der Waals surface area contributed by atoms with Crippen LogP contribution < -0.4 is 0 Å². The second-order valence-corrected chi connectivity index (χ2v) is 3.93. The fraction of sp³-hybridized carbons (Fsp3) is 0. The summed E-state index contributed by atoms with van der Waals surface area (Å²) in [6, 6.07) is 9.05. The Morgan fingerprint density at radius 2 is 1.75 bits per heavy atom. The lowest BCUT2D eigenvalue weighted by Gasteiger charge is -1.96. The van der Waals surface area contributed by atoms with Crippen LogP contribution in [-0.2, 0) is 0 Å². The molecular formula is C8H5Cl2FS. The van der Waals surface area contributed by atoms with Crippen molar-refractivity contribution < 1.29 is 4.39 Å². The Bertz CT molecular complexity index is 280. The zero-order valence-corrected chi connectivity index (χ0v) is 8.26. The van der Waals surface area contributed by atoms with Gasteiger partial charge in [-0.05, 0) is 12.1 Å². The first-order valence-corrected chi connectivity index (χ1v) is 4.71. The fourth-order valence-corrected chi connectivity index (χ4v) is 1.44. The van der Waals surface area contributed by atoms with E-state index in [2.05, 4.69) is 0 Å². The minimum atomic E-state index is -0.579. The predicted molar refractivity (Wildman–Crippen MR) is 52.1 cm³/mol. The highest BCUT2D eigenvalue weighted by molar-refractivity contribution is 8.03. The molecule has 0 fully saturated rings. The van der Waals surface area contributed by atoms with E-state index in [9.17, 15) is 4.39 Å². The Kier molecular flexibility index (Phi) is 3.92. The highest BCUT2D eigenvalue weighted by atomic mass is 35.5. The lowest BCUT2D eigenvalue weighted by Crippen LogP contribution is -1.69. The average molecular weight is 223 g/mol. The van der Waals surface area contributed by atoms with Crippen molar-refractivity contribution in [3.05, 3.63) is 40.0 Å². The van der Waals surface area contributed by atoms with Gasteiger partial charge in [-0.2, -0.15) is 4.39 Å². The highest BCUT2D eigenvalue weighted by Gasteiger charge is 2.02. The summed E-state index contributed by atoms with van der Waals surface area (Å²) in [5, 5.41) is -0.579. The Labute approximate surface area is 84.4 Å². The topological polar surface area (TPSA) is 0 Å². The van der Waals surface area contributed by atoms with Crippen molar-refractivity contribution in [2.24, 2.45) is 0 Å². The van der Waals surface area contributed by atoms with Crippen LogP contribution >= 0.6 is 35.0 Å². The Morgan fingerprint density at radius 1 is 1.17 bits per heavy atom. The highest BCUT2D eigenvalue weighted by Crippen LogP contribution is 2.32. The summed E-state index contributed by atoms with van der Waals surface area (Å²) in [5.74, 6) is 0. The standard InChI is InChI=1S/C8H5Cl2FS/c9-7(10)8(11)12-6-4-2-1-3-5-6/h1-5H. The molecule has 4 heteroatoms. The molecule has 0 aliphatic heterocycles. The summed E-state index contributed by atoms with van der Waals surface area (Å²) in [5.41, 5.74) is 0. The van der Waals surface area contributed by atoms with Crippen molar-refractivity contribution in [3.8, 4) is 0 Å². The summed E-state index contributed by atoms with van der Waals surface area (Å²) >= 11 is 11.4. The van der Waals surface area contributed by atoms with Crippen LogP contribution in [0, 0.1) is 0 Å². The first-order valence-electron chi connectivity index (χ1n) is 3.14. The molecule has 1 aromatic carbocycles. The SMILES string of the molecule is FC(Sc1ccccc1)=C(Cl)Cl. The van der Waals surface area contributed by atoms with Crippen molar-refractivity contribution in [3.63, 3.8) is 0 Å². The summed E-state index contributed by atoms with van der Waals surface area (Å²) in [7, 11) is 0. The Hall–Kier alpha value is -0.180. The van der Waals surface area contributed by atoms with Crippen LogP contribution in [0.3, 0.4) is 0 Å². The smallest absolute Gasteiger partial charge is 0.191 e. The summed E-state index contributed by atoms with van der Waals surface area (Å²) in [6.07, 6.45) is 0. The third kappa shape index (κ3) is 3.05. The van der Waals surface area contributed by atoms with E-state index in [1.807, 2.05) is 18.2 Å². The van der Waals surface area contributed by atoms with Crippen LogP contribution in [0.15, 0.2) is 44.9 Å². The lowest BCUT2D eigenvalue weighted by molar-refractivity contribution is 0.699. The first-order chi connectivity index (χ1) is 5.70. The van der Waals surface area contributed by atoms with E-state index in [1.165, 1.54) is 0 Å². The van der Waals surface area contributed by atoms with Gasteiger partial charge in [-0.15, -0.1) is 0 Å². The molecule has 0 radical (unpaired) electrons. The molecular weight excluding hydrogens is 218 g/mol. The van der Waals surface area contributed by atoms with Gasteiger partial charge in [0.15, 0.2) is 5.16 Å². The second kappa shape index (κ2) is 4.75. The monoisotopic (exact) mass is 222 g/mol. The van der Waals surface area contributed by atoms with Crippen molar-refractivity contribution in [1.82, 2.24) is 0 Å². The van der Waals surface area contributed by atoms with Gasteiger partial charge in [-0.25, -0.2) is 0 Å². The van der Waals surface area contributed by atoms with Crippen molar-refractivity contribution in [1.29, 1.82) is 0 Å². The van der Waals surface area contributed by atoms with Crippen LogP contribution in [0.25, 0.3) is 0 Å². The van der Waals surface area contributed by atoms with E-state index >= 15 is 0 Å². The fourth-order valence-electron chi connectivity index (χ4n) is 0.631. The number of thioether (sulfide) groups is 1. The normalized spacial score (nSPS) is 9.58. The van der Waals surface area contributed by atoms with Gasteiger partial charge in [0.05, 0.1) is 0 Å². The van der Waals surface area contributed by atoms with Crippen molar-refractivity contribution >= 4 is 35.0 Å². The molecule has 0 saturated heterocycles. The van der Waals surface area contributed by atoms with Crippen LogP contribution in [0.2, 0.25) is 0 Å². The molecule has 12 heavy (non-hydrogen) atoms. The minimum Gasteiger partial charge on any atom is -0.196 e. The van der Waals surface area contributed by atoms with Crippen LogP contribution in [0.1, 0.15) is 0 Å². The van der Waals surface area contributed by atoms with Gasteiger partial charge in [-0.3, -0.25) is 0 Å². The predicted octanol–water partition coefficient (Wildman–Crippen LogP) is 4.35. The molecule has 64 valence electrons. The largest absolute Gasteiger partial charge is 0.196 e. The molecule has 1 aromatic rings. The third-order valence-corrected chi connectivity index (χ3v) is 2.55. The van der Waals surface area contributed by atoms with Gasteiger partial charge in [0, 0.05) is 4.90 Å². The Balaban J connectivity index is 2.72. The number of hydrogen-bond donors (Lipinski definition) is 0. The lowest BCUT2D eigenvalue weighted by atomic mass is 10.4. The van der Waals surface area contributed by atoms with Gasteiger partial charge in [-0.1, -0.05) is 53.2 Å².